The third-order valence-electron chi connectivity index (χ3n) is 8.87. The van der Waals surface area contributed by atoms with Crippen molar-refractivity contribution in [2.45, 2.75) is 26.2 Å². The maximum absolute atomic E-state index is 7.48. The van der Waals surface area contributed by atoms with Gasteiger partial charge in [-0.3, -0.25) is 4.57 Å². The lowest BCUT2D eigenvalue weighted by Crippen LogP contribution is -2.23. The van der Waals surface area contributed by atoms with Crippen molar-refractivity contribution >= 4 is 50.2 Å². The Hall–Kier alpha value is -6.06. The van der Waals surface area contributed by atoms with E-state index < -0.39 is 0 Å². The largest absolute Gasteiger partial charge is 0.457 e. The van der Waals surface area contributed by atoms with Gasteiger partial charge < -0.3 is 14.5 Å². The van der Waals surface area contributed by atoms with Gasteiger partial charge in [0.15, 0.2) is 5.69 Å². The first-order chi connectivity index (χ1) is 22.9. The van der Waals surface area contributed by atoms with Gasteiger partial charge >= 0.3 is 0 Å². The Bertz CT molecular complexity index is 2340. The van der Waals surface area contributed by atoms with Crippen molar-refractivity contribution in [1.82, 2.24) is 9.55 Å². The molecule has 3 heterocycles. The van der Waals surface area contributed by atoms with Gasteiger partial charge in [0.2, 0.25) is 0 Å². The van der Waals surface area contributed by atoms with Crippen LogP contribution in [0.1, 0.15) is 26.3 Å². The lowest BCUT2D eigenvalue weighted by Gasteiger charge is -2.22. The third-order valence-corrected chi connectivity index (χ3v) is 8.87. The van der Waals surface area contributed by atoms with Crippen LogP contribution in [0.5, 0.6) is 11.5 Å². The Balaban J connectivity index is 1.16. The molecule has 6 nitrogen and oxygen atoms in total. The third kappa shape index (κ3) is 5.03. The molecule has 8 rings (SSSR count). The number of fused-ring (bicyclic) bond motifs is 4. The number of aromatic nitrogens is 2. The SMILES string of the molecule is [C-]#[N+]c1cccc(N2CN(c3cccc(Oc4ccc5c6ccccc6n(-c6cc(C(C)(C)C)ccn6)c5c4)c3)c3ccccc32)c1. The van der Waals surface area contributed by atoms with E-state index in [0.717, 1.165) is 56.5 Å². The molecule has 228 valence electrons. The molecule has 1 aliphatic heterocycles. The summed E-state index contributed by atoms with van der Waals surface area (Å²) in [7, 11) is 0. The van der Waals surface area contributed by atoms with E-state index in [9.17, 15) is 0 Å². The van der Waals surface area contributed by atoms with Crippen LogP contribution in [0.4, 0.5) is 28.4 Å². The number of para-hydroxylation sites is 3. The van der Waals surface area contributed by atoms with E-state index in [1.807, 2.05) is 42.6 Å². The molecule has 0 atom stereocenters. The molecule has 0 unspecified atom stereocenters. The number of benzene rings is 5. The summed E-state index contributed by atoms with van der Waals surface area (Å²) in [5, 5.41) is 2.33. The number of hydrogen-bond acceptors (Lipinski definition) is 4. The van der Waals surface area contributed by atoms with Crippen molar-refractivity contribution in [3.05, 3.63) is 151 Å². The van der Waals surface area contributed by atoms with E-state index in [-0.39, 0.29) is 5.41 Å². The Morgan fingerprint density at radius 1 is 0.660 bits per heavy atom. The zero-order chi connectivity index (χ0) is 32.1. The minimum Gasteiger partial charge on any atom is -0.457 e. The molecule has 0 amide bonds. The van der Waals surface area contributed by atoms with Crippen molar-refractivity contribution in [1.29, 1.82) is 0 Å². The summed E-state index contributed by atoms with van der Waals surface area (Å²) in [6.45, 7) is 14.8. The van der Waals surface area contributed by atoms with Crippen molar-refractivity contribution in [3.63, 3.8) is 0 Å². The number of ether oxygens (including phenoxy) is 1. The zero-order valence-electron chi connectivity index (χ0n) is 26.6. The second-order valence-electron chi connectivity index (χ2n) is 12.9. The summed E-state index contributed by atoms with van der Waals surface area (Å²) in [5.74, 6) is 2.40. The summed E-state index contributed by atoms with van der Waals surface area (Å²) in [6, 6.07) is 43.5. The van der Waals surface area contributed by atoms with E-state index in [1.165, 1.54) is 10.9 Å². The van der Waals surface area contributed by atoms with Crippen LogP contribution in [0.25, 0.3) is 32.5 Å². The predicted octanol–water partition coefficient (Wildman–Crippen LogP) is 11.1. The van der Waals surface area contributed by atoms with Crippen LogP contribution in [-0.2, 0) is 5.41 Å². The van der Waals surface area contributed by atoms with Crippen LogP contribution in [0.2, 0.25) is 0 Å². The highest BCUT2D eigenvalue weighted by atomic mass is 16.5. The van der Waals surface area contributed by atoms with Crippen molar-refractivity contribution < 1.29 is 4.74 Å². The number of anilines is 4. The smallest absolute Gasteiger partial charge is 0.189 e. The molecule has 2 aromatic heterocycles. The van der Waals surface area contributed by atoms with Crippen LogP contribution in [0, 0.1) is 6.57 Å². The monoisotopic (exact) mass is 611 g/mol. The fourth-order valence-electron chi connectivity index (χ4n) is 6.51. The van der Waals surface area contributed by atoms with E-state index in [0.29, 0.717) is 12.4 Å². The predicted molar refractivity (Wildman–Crippen MR) is 192 cm³/mol. The Morgan fingerprint density at radius 2 is 1.34 bits per heavy atom. The Labute approximate surface area is 274 Å². The highest BCUT2D eigenvalue weighted by molar-refractivity contribution is 6.09. The minimum absolute atomic E-state index is 0.00439. The minimum atomic E-state index is 0.00439. The van der Waals surface area contributed by atoms with Gasteiger partial charge in [0.05, 0.1) is 29.0 Å². The van der Waals surface area contributed by atoms with Crippen LogP contribution in [0.3, 0.4) is 0 Å². The summed E-state index contributed by atoms with van der Waals surface area (Å²) in [4.78, 5) is 13.0. The van der Waals surface area contributed by atoms with Gasteiger partial charge in [-0.15, -0.1) is 0 Å². The molecule has 0 aliphatic carbocycles. The van der Waals surface area contributed by atoms with Crippen LogP contribution >= 0.6 is 0 Å². The maximum atomic E-state index is 7.48. The molecule has 47 heavy (non-hydrogen) atoms. The van der Waals surface area contributed by atoms with E-state index in [2.05, 4.69) is 131 Å². The molecule has 6 heteroatoms. The summed E-state index contributed by atoms with van der Waals surface area (Å²) >= 11 is 0. The highest BCUT2D eigenvalue weighted by Gasteiger charge is 2.28. The zero-order valence-corrected chi connectivity index (χ0v) is 26.6. The van der Waals surface area contributed by atoms with Gasteiger partial charge in [-0.2, -0.15) is 0 Å². The summed E-state index contributed by atoms with van der Waals surface area (Å²) < 4.78 is 8.81. The standard InChI is InChI=1S/C41H33N5O/c1-41(2,3)28-21-22-43-40(23-28)46-36-16-6-5-15-34(36)35-20-19-33(26-39(35)46)47-32-14-10-13-31(25-32)45-27-44(37-17-7-8-18-38(37)45)30-12-9-11-29(24-30)42-4/h5-26H,27H2,1-3H3. The fraction of sp³-hybridized carbons (Fsp3) is 0.122. The van der Waals surface area contributed by atoms with Crippen molar-refractivity contribution in [3.8, 4) is 17.3 Å². The highest BCUT2D eigenvalue weighted by Crippen LogP contribution is 2.45. The van der Waals surface area contributed by atoms with Gasteiger partial charge in [0, 0.05) is 40.5 Å². The van der Waals surface area contributed by atoms with E-state index >= 15 is 0 Å². The second kappa shape index (κ2) is 11.1. The Kier molecular flexibility index (Phi) is 6.70. The number of hydrogen-bond donors (Lipinski definition) is 0. The molecule has 0 fully saturated rings. The quantitative estimate of drug-likeness (QED) is 0.182. The Morgan fingerprint density at radius 3 is 2.11 bits per heavy atom. The number of pyridine rings is 1. The molecular formula is C41H33N5O. The van der Waals surface area contributed by atoms with E-state index in [1.54, 1.807) is 0 Å². The topological polar surface area (TPSA) is 37.9 Å². The lowest BCUT2D eigenvalue weighted by atomic mass is 9.88. The molecule has 0 N–H and O–H groups in total. The van der Waals surface area contributed by atoms with Crippen LogP contribution in [-0.4, -0.2) is 16.2 Å². The molecule has 0 saturated heterocycles. The number of rotatable bonds is 5. The van der Waals surface area contributed by atoms with Crippen molar-refractivity contribution in [2.24, 2.45) is 0 Å². The molecule has 0 saturated carbocycles. The molecule has 7 aromatic rings. The summed E-state index contributed by atoms with van der Waals surface area (Å²) in [5.41, 5.74) is 8.25. The van der Waals surface area contributed by atoms with Gasteiger partial charge in [0.1, 0.15) is 24.0 Å². The van der Waals surface area contributed by atoms with Crippen LogP contribution in [0.15, 0.2) is 134 Å². The normalized spacial score (nSPS) is 12.8. The molecule has 5 aromatic carbocycles. The maximum Gasteiger partial charge on any atom is 0.189 e. The average Bonchev–Trinajstić information content (AvgIpc) is 3.64. The van der Waals surface area contributed by atoms with E-state index in [4.69, 9.17) is 16.3 Å². The van der Waals surface area contributed by atoms with Gasteiger partial charge in [-0.05, 0) is 77.7 Å². The fourth-order valence-corrected chi connectivity index (χ4v) is 6.51. The average molecular weight is 612 g/mol. The first-order valence-electron chi connectivity index (χ1n) is 15.8. The molecule has 0 bridgehead atoms. The molecule has 0 spiro atoms. The van der Waals surface area contributed by atoms with Gasteiger partial charge in [0.25, 0.3) is 0 Å². The first-order valence-corrected chi connectivity index (χ1v) is 15.8. The lowest BCUT2D eigenvalue weighted by molar-refractivity contribution is 0.483. The number of nitrogens with zero attached hydrogens (tertiary/aromatic N) is 5. The second-order valence-corrected chi connectivity index (χ2v) is 12.9. The van der Waals surface area contributed by atoms with Crippen molar-refractivity contribution in [2.75, 3.05) is 16.5 Å². The van der Waals surface area contributed by atoms with Gasteiger partial charge in [-0.25, -0.2) is 9.83 Å². The van der Waals surface area contributed by atoms with Gasteiger partial charge in [-0.1, -0.05) is 69.3 Å². The molecule has 0 radical (unpaired) electrons. The molecular weight excluding hydrogens is 578 g/mol. The first kappa shape index (κ1) is 28.4. The van der Waals surface area contributed by atoms with Crippen LogP contribution < -0.4 is 14.5 Å². The summed E-state index contributed by atoms with van der Waals surface area (Å²) in [6.07, 6.45) is 1.90. The molecule has 1 aliphatic rings.